The van der Waals surface area contributed by atoms with Crippen molar-refractivity contribution >= 4 is 5.78 Å². The van der Waals surface area contributed by atoms with E-state index in [1.54, 1.807) is 6.08 Å². The van der Waals surface area contributed by atoms with E-state index in [0.717, 1.165) is 0 Å². The maximum atomic E-state index is 10.9. The van der Waals surface area contributed by atoms with Crippen molar-refractivity contribution in [1.82, 2.24) is 0 Å². The minimum absolute atomic E-state index is 0.263. The summed E-state index contributed by atoms with van der Waals surface area (Å²) in [5.74, 6) is -0.263. The van der Waals surface area contributed by atoms with E-state index in [1.807, 2.05) is 6.92 Å². The van der Waals surface area contributed by atoms with Crippen LogP contribution < -0.4 is 0 Å². The van der Waals surface area contributed by atoms with E-state index < -0.39 is 0 Å². The van der Waals surface area contributed by atoms with Crippen molar-refractivity contribution in [3.63, 3.8) is 0 Å². The van der Waals surface area contributed by atoms with Gasteiger partial charge in [-0.25, -0.2) is 0 Å². The lowest BCUT2D eigenvalue weighted by Crippen LogP contribution is -2.01. The third-order valence-corrected chi connectivity index (χ3v) is 1.44. The number of aliphatic hydroxyl groups excluding tert-OH is 1. The Morgan fingerprint density at radius 2 is 2.45 bits per heavy atom. The molecule has 1 aliphatic rings. The second-order valence-electron chi connectivity index (χ2n) is 2.20. The Morgan fingerprint density at radius 1 is 1.73 bits per heavy atom. The van der Waals surface area contributed by atoms with Crippen molar-refractivity contribution < 1.29 is 14.6 Å². The molecule has 0 atom stereocenters. The molecule has 0 amide bonds. The molecular weight excluding hydrogens is 144 g/mol. The number of ether oxygens (including phenoxy) is 1. The zero-order chi connectivity index (χ0) is 8.27. The number of hydrogen-bond acceptors (Lipinski definition) is 3. The second kappa shape index (κ2) is 3.23. The van der Waals surface area contributed by atoms with Crippen LogP contribution in [0.1, 0.15) is 13.3 Å². The summed E-state index contributed by atoms with van der Waals surface area (Å²) in [6.45, 7) is 2.18. The maximum absolute atomic E-state index is 10.9. The number of aliphatic hydroxyl groups is 1. The first-order chi connectivity index (χ1) is 5.25. The summed E-state index contributed by atoms with van der Waals surface area (Å²) in [4.78, 5) is 10.9. The summed E-state index contributed by atoms with van der Waals surface area (Å²) in [6, 6.07) is 0. The van der Waals surface area contributed by atoms with E-state index in [1.165, 1.54) is 6.08 Å². The van der Waals surface area contributed by atoms with Crippen LogP contribution in [0.3, 0.4) is 0 Å². The Labute approximate surface area is 65.0 Å². The van der Waals surface area contributed by atoms with Crippen molar-refractivity contribution in [2.24, 2.45) is 0 Å². The van der Waals surface area contributed by atoms with E-state index in [4.69, 9.17) is 4.74 Å². The van der Waals surface area contributed by atoms with Gasteiger partial charge in [-0.3, -0.25) is 4.79 Å². The van der Waals surface area contributed by atoms with Gasteiger partial charge in [-0.2, -0.15) is 0 Å². The van der Waals surface area contributed by atoms with Crippen LogP contribution in [0.25, 0.3) is 0 Å². The molecule has 3 nitrogen and oxygen atoms in total. The molecule has 0 aromatic heterocycles. The van der Waals surface area contributed by atoms with Crippen molar-refractivity contribution in [3.05, 3.63) is 23.7 Å². The van der Waals surface area contributed by atoms with Crippen LogP contribution in [0.5, 0.6) is 0 Å². The van der Waals surface area contributed by atoms with Crippen molar-refractivity contribution in [3.8, 4) is 0 Å². The molecule has 0 aromatic carbocycles. The van der Waals surface area contributed by atoms with E-state index in [2.05, 4.69) is 0 Å². The number of carbonyl (C=O) groups is 1. The van der Waals surface area contributed by atoms with E-state index in [9.17, 15) is 9.90 Å². The van der Waals surface area contributed by atoms with Crippen LogP contribution in [-0.4, -0.2) is 17.5 Å². The Hall–Kier alpha value is -1.25. The van der Waals surface area contributed by atoms with Crippen LogP contribution in [0.2, 0.25) is 0 Å². The fourth-order valence-corrected chi connectivity index (χ4v) is 0.858. The van der Waals surface area contributed by atoms with Gasteiger partial charge in [0.15, 0.2) is 0 Å². The van der Waals surface area contributed by atoms with Crippen molar-refractivity contribution in [2.75, 3.05) is 6.61 Å². The molecule has 0 bridgehead atoms. The van der Waals surface area contributed by atoms with Gasteiger partial charge < -0.3 is 9.84 Å². The molecule has 3 heteroatoms. The number of carbonyl (C=O) groups excluding carboxylic acids is 1. The quantitative estimate of drug-likeness (QED) is 0.619. The van der Waals surface area contributed by atoms with Crippen LogP contribution in [0.15, 0.2) is 23.7 Å². The largest absolute Gasteiger partial charge is 0.502 e. The van der Waals surface area contributed by atoms with Crippen LogP contribution in [-0.2, 0) is 9.53 Å². The molecule has 0 aliphatic carbocycles. The Bertz CT molecular complexity index is 225. The monoisotopic (exact) mass is 154 g/mol. The summed E-state index contributed by atoms with van der Waals surface area (Å²) in [6.07, 6.45) is 3.44. The highest BCUT2D eigenvalue weighted by molar-refractivity contribution is 6.02. The van der Waals surface area contributed by atoms with E-state index in [-0.39, 0.29) is 11.5 Å². The van der Waals surface area contributed by atoms with Gasteiger partial charge in [-0.15, -0.1) is 0 Å². The minimum Gasteiger partial charge on any atom is -0.502 e. The molecular formula is C8H10O3. The van der Waals surface area contributed by atoms with Crippen molar-refractivity contribution in [2.45, 2.75) is 13.3 Å². The number of hydrogen-bond donors (Lipinski definition) is 1. The average molecular weight is 154 g/mol. The molecule has 0 fully saturated rings. The lowest BCUT2D eigenvalue weighted by atomic mass is 10.2. The lowest BCUT2D eigenvalue weighted by molar-refractivity contribution is -0.113. The smallest absolute Gasteiger partial charge is 0.223 e. The van der Waals surface area contributed by atoms with Crippen LogP contribution in [0.4, 0.5) is 0 Å². The molecule has 0 radical (unpaired) electrons. The summed E-state index contributed by atoms with van der Waals surface area (Å²) < 4.78 is 5.06. The van der Waals surface area contributed by atoms with Crippen LogP contribution >= 0.6 is 0 Å². The molecule has 11 heavy (non-hydrogen) atoms. The van der Waals surface area contributed by atoms with Gasteiger partial charge >= 0.3 is 0 Å². The number of allylic oxidation sites excluding steroid dienone is 2. The van der Waals surface area contributed by atoms with E-state index >= 15 is 0 Å². The van der Waals surface area contributed by atoms with E-state index in [0.29, 0.717) is 18.8 Å². The van der Waals surface area contributed by atoms with Gasteiger partial charge in [-0.1, -0.05) is 6.92 Å². The second-order valence-corrected chi connectivity index (χ2v) is 2.20. The Kier molecular flexibility index (Phi) is 2.31. The van der Waals surface area contributed by atoms with Gasteiger partial charge in [0.1, 0.15) is 12.4 Å². The van der Waals surface area contributed by atoms with Gasteiger partial charge in [-0.05, 0) is 12.2 Å². The highest BCUT2D eigenvalue weighted by Crippen LogP contribution is 2.12. The molecule has 0 saturated carbocycles. The third-order valence-electron chi connectivity index (χ3n) is 1.44. The standard InChI is InChI=1S/C8H10O3/c1-2-7-8(10)6(9)4-3-5-11-7/h3-4,10H,2,5H2,1H3. The maximum Gasteiger partial charge on any atom is 0.223 e. The van der Waals surface area contributed by atoms with Crippen LogP contribution in [0, 0.1) is 0 Å². The molecule has 0 spiro atoms. The molecule has 1 N–H and O–H groups in total. The highest BCUT2D eigenvalue weighted by Gasteiger charge is 2.13. The number of ketones is 1. The third kappa shape index (κ3) is 1.61. The minimum atomic E-state index is -0.376. The first-order valence-electron chi connectivity index (χ1n) is 3.51. The lowest BCUT2D eigenvalue weighted by Gasteiger charge is -2.04. The Morgan fingerprint density at radius 3 is 3.09 bits per heavy atom. The fourth-order valence-electron chi connectivity index (χ4n) is 0.858. The summed E-state index contributed by atoms with van der Waals surface area (Å²) >= 11 is 0. The summed E-state index contributed by atoms with van der Waals surface area (Å²) in [5, 5.41) is 9.17. The predicted octanol–water partition coefficient (Wildman–Crippen LogP) is 1.32. The first kappa shape index (κ1) is 7.85. The first-order valence-corrected chi connectivity index (χ1v) is 3.51. The summed E-state index contributed by atoms with van der Waals surface area (Å²) in [7, 11) is 0. The zero-order valence-corrected chi connectivity index (χ0v) is 6.33. The molecule has 1 heterocycles. The van der Waals surface area contributed by atoms with Gasteiger partial charge in [0.2, 0.25) is 11.5 Å². The normalized spacial score (nSPS) is 18.1. The average Bonchev–Trinajstić information content (AvgIpc) is 2.16. The highest BCUT2D eigenvalue weighted by atomic mass is 16.5. The zero-order valence-electron chi connectivity index (χ0n) is 6.33. The molecule has 60 valence electrons. The molecule has 1 rings (SSSR count). The topological polar surface area (TPSA) is 46.5 Å². The van der Waals surface area contributed by atoms with Gasteiger partial charge in [0.05, 0.1) is 0 Å². The molecule has 0 saturated heterocycles. The molecule has 0 unspecified atom stereocenters. The Balaban J connectivity index is 2.91. The summed E-state index contributed by atoms with van der Waals surface area (Å²) in [5.41, 5.74) is 0. The SMILES string of the molecule is CCC1=C(O)C(=O)C=CCO1. The molecule has 1 aliphatic heterocycles. The van der Waals surface area contributed by atoms with Crippen molar-refractivity contribution in [1.29, 1.82) is 0 Å². The molecule has 0 aromatic rings. The van der Waals surface area contributed by atoms with Gasteiger partial charge in [0.25, 0.3) is 0 Å². The number of rotatable bonds is 1. The fraction of sp³-hybridized carbons (Fsp3) is 0.375. The predicted molar refractivity (Wildman–Crippen MR) is 40.0 cm³/mol. The van der Waals surface area contributed by atoms with Gasteiger partial charge in [0, 0.05) is 6.42 Å².